The second-order valence-electron chi connectivity index (χ2n) is 3.28. The number of piperidine rings is 1. The van der Waals surface area contributed by atoms with Crippen molar-refractivity contribution in [2.24, 2.45) is 0 Å². The fourth-order valence-corrected chi connectivity index (χ4v) is 1.77. The molecule has 0 bridgehead atoms. The number of hydrogen-bond acceptors (Lipinski definition) is 2. The third-order valence-corrected chi connectivity index (χ3v) is 2.37. The van der Waals surface area contributed by atoms with Crippen LogP contribution in [-0.2, 0) is 9.59 Å². The molecule has 2 aliphatic rings. The normalized spacial score (nSPS) is 23.7. The Morgan fingerprint density at radius 3 is 2.92 bits per heavy atom. The Labute approximate surface area is 71.0 Å². The molecule has 0 aromatic rings. The summed E-state index contributed by atoms with van der Waals surface area (Å²) < 4.78 is 0. The molecule has 3 heteroatoms. The fourth-order valence-electron chi connectivity index (χ4n) is 1.77. The molecule has 0 aromatic heterocycles. The number of amides is 1. The fraction of sp³-hybridized carbons (Fsp3) is 0.556. The zero-order chi connectivity index (χ0) is 8.55. The van der Waals surface area contributed by atoms with Gasteiger partial charge in [0.1, 0.15) is 0 Å². The molecule has 0 spiro atoms. The number of carbonyl (C=O) groups excluding carboxylic acids is 2. The van der Waals surface area contributed by atoms with E-state index in [0.29, 0.717) is 0 Å². The molecule has 0 aliphatic carbocycles. The highest BCUT2D eigenvalue weighted by Crippen LogP contribution is 2.24. The Morgan fingerprint density at radius 2 is 2.08 bits per heavy atom. The number of fused-ring (bicyclic) bond motifs is 1. The molecule has 2 aliphatic heterocycles. The van der Waals surface area contributed by atoms with Crippen molar-refractivity contribution in [3.63, 3.8) is 0 Å². The molecular formula is C9H11NO2. The predicted molar refractivity (Wildman–Crippen MR) is 43.3 cm³/mol. The number of hydrogen-bond donors (Lipinski definition) is 0. The minimum Gasteiger partial charge on any atom is -0.316 e. The predicted octanol–water partition coefficient (Wildman–Crippen LogP) is 0.856. The van der Waals surface area contributed by atoms with Gasteiger partial charge in [0.15, 0.2) is 5.78 Å². The van der Waals surface area contributed by atoms with Crippen LogP contribution in [0.4, 0.5) is 0 Å². The SMILES string of the molecule is O=C1C=C2CCCCN2C(=O)C1. The van der Waals surface area contributed by atoms with Crippen LogP contribution in [0, 0.1) is 0 Å². The zero-order valence-corrected chi connectivity index (χ0v) is 6.88. The zero-order valence-electron chi connectivity index (χ0n) is 6.88. The lowest BCUT2D eigenvalue weighted by Gasteiger charge is -2.31. The quantitative estimate of drug-likeness (QED) is 0.499. The third-order valence-electron chi connectivity index (χ3n) is 2.37. The molecule has 1 saturated heterocycles. The lowest BCUT2D eigenvalue weighted by atomic mass is 10.0. The average molecular weight is 165 g/mol. The highest BCUT2D eigenvalue weighted by atomic mass is 16.2. The summed E-state index contributed by atoms with van der Waals surface area (Å²) in [6, 6.07) is 0. The number of nitrogens with zero attached hydrogens (tertiary/aromatic N) is 1. The van der Waals surface area contributed by atoms with E-state index in [-0.39, 0.29) is 18.1 Å². The van der Waals surface area contributed by atoms with Gasteiger partial charge >= 0.3 is 0 Å². The number of allylic oxidation sites excluding steroid dienone is 2. The molecular weight excluding hydrogens is 154 g/mol. The van der Waals surface area contributed by atoms with E-state index in [0.717, 1.165) is 31.5 Å². The van der Waals surface area contributed by atoms with Crippen LogP contribution in [0.1, 0.15) is 25.7 Å². The summed E-state index contributed by atoms with van der Waals surface area (Å²) in [5.74, 6) is -0.0506. The van der Waals surface area contributed by atoms with Gasteiger partial charge in [0.25, 0.3) is 0 Å². The van der Waals surface area contributed by atoms with Crippen molar-refractivity contribution in [1.29, 1.82) is 0 Å². The molecule has 1 fully saturated rings. The van der Waals surface area contributed by atoms with Gasteiger partial charge in [-0.2, -0.15) is 0 Å². The minimum absolute atomic E-state index is 0.0165. The monoisotopic (exact) mass is 165 g/mol. The van der Waals surface area contributed by atoms with Crippen molar-refractivity contribution in [3.8, 4) is 0 Å². The van der Waals surface area contributed by atoms with E-state index in [9.17, 15) is 9.59 Å². The lowest BCUT2D eigenvalue weighted by Crippen LogP contribution is -2.38. The van der Waals surface area contributed by atoms with Gasteiger partial charge in [0.05, 0.1) is 6.42 Å². The summed E-state index contributed by atoms with van der Waals surface area (Å²) in [6.45, 7) is 0.804. The number of rotatable bonds is 0. The molecule has 0 radical (unpaired) electrons. The van der Waals surface area contributed by atoms with Gasteiger partial charge in [-0.25, -0.2) is 0 Å². The van der Waals surface area contributed by atoms with Crippen LogP contribution in [0.5, 0.6) is 0 Å². The number of carbonyl (C=O) groups is 2. The highest BCUT2D eigenvalue weighted by molar-refractivity contribution is 6.07. The van der Waals surface area contributed by atoms with Crippen molar-refractivity contribution < 1.29 is 9.59 Å². The second-order valence-corrected chi connectivity index (χ2v) is 3.28. The van der Waals surface area contributed by atoms with E-state index in [2.05, 4.69) is 0 Å². The van der Waals surface area contributed by atoms with Crippen molar-refractivity contribution in [3.05, 3.63) is 11.8 Å². The molecule has 3 nitrogen and oxygen atoms in total. The maximum atomic E-state index is 11.3. The first-order chi connectivity index (χ1) is 5.77. The minimum atomic E-state index is -0.0341. The molecule has 0 saturated carbocycles. The Bertz CT molecular complexity index is 268. The Kier molecular flexibility index (Phi) is 1.71. The molecule has 0 N–H and O–H groups in total. The van der Waals surface area contributed by atoms with Gasteiger partial charge in [-0.3, -0.25) is 9.59 Å². The summed E-state index contributed by atoms with van der Waals surface area (Å²) in [6.07, 6.45) is 4.75. The molecule has 1 amide bonds. The van der Waals surface area contributed by atoms with Crippen molar-refractivity contribution in [2.45, 2.75) is 25.7 Å². The van der Waals surface area contributed by atoms with Crippen LogP contribution in [0.3, 0.4) is 0 Å². The first-order valence-electron chi connectivity index (χ1n) is 4.31. The summed E-state index contributed by atoms with van der Waals surface area (Å²) in [7, 11) is 0. The maximum Gasteiger partial charge on any atom is 0.234 e. The Morgan fingerprint density at radius 1 is 1.25 bits per heavy atom. The molecule has 0 atom stereocenters. The molecule has 0 unspecified atom stereocenters. The van der Waals surface area contributed by atoms with E-state index >= 15 is 0 Å². The topological polar surface area (TPSA) is 37.4 Å². The van der Waals surface area contributed by atoms with Gasteiger partial charge in [-0.15, -0.1) is 0 Å². The van der Waals surface area contributed by atoms with Crippen LogP contribution in [0.25, 0.3) is 0 Å². The third kappa shape index (κ3) is 1.15. The van der Waals surface area contributed by atoms with Crippen LogP contribution < -0.4 is 0 Å². The summed E-state index contributed by atoms with van der Waals surface area (Å²) in [5, 5.41) is 0. The van der Waals surface area contributed by atoms with E-state index in [4.69, 9.17) is 0 Å². The average Bonchev–Trinajstić information content (AvgIpc) is 2.04. The van der Waals surface area contributed by atoms with Crippen molar-refractivity contribution in [2.75, 3.05) is 6.54 Å². The van der Waals surface area contributed by atoms with E-state index in [1.807, 2.05) is 0 Å². The van der Waals surface area contributed by atoms with Gasteiger partial charge in [0.2, 0.25) is 5.91 Å². The van der Waals surface area contributed by atoms with E-state index in [1.165, 1.54) is 0 Å². The molecule has 2 heterocycles. The van der Waals surface area contributed by atoms with Gasteiger partial charge in [-0.05, 0) is 19.3 Å². The first-order valence-corrected chi connectivity index (χ1v) is 4.31. The Balaban J connectivity index is 2.28. The van der Waals surface area contributed by atoms with E-state index < -0.39 is 0 Å². The van der Waals surface area contributed by atoms with Crippen LogP contribution in [0.2, 0.25) is 0 Å². The second kappa shape index (κ2) is 2.73. The summed E-state index contributed by atoms with van der Waals surface area (Å²) in [4.78, 5) is 24.1. The Hall–Kier alpha value is -1.12. The molecule has 0 aromatic carbocycles. The van der Waals surface area contributed by atoms with Crippen LogP contribution in [0.15, 0.2) is 11.8 Å². The number of ketones is 1. The standard InChI is InChI=1S/C9H11NO2/c11-8-5-7-3-1-2-4-10(7)9(12)6-8/h5H,1-4,6H2. The maximum absolute atomic E-state index is 11.3. The van der Waals surface area contributed by atoms with Crippen LogP contribution >= 0.6 is 0 Å². The smallest absolute Gasteiger partial charge is 0.234 e. The largest absolute Gasteiger partial charge is 0.316 e. The lowest BCUT2D eigenvalue weighted by molar-refractivity contribution is -0.134. The molecule has 64 valence electrons. The van der Waals surface area contributed by atoms with Crippen molar-refractivity contribution in [1.82, 2.24) is 4.90 Å². The van der Waals surface area contributed by atoms with E-state index in [1.54, 1.807) is 11.0 Å². The highest BCUT2D eigenvalue weighted by Gasteiger charge is 2.27. The summed E-state index contributed by atoms with van der Waals surface area (Å²) >= 11 is 0. The summed E-state index contributed by atoms with van der Waals surface area (Å²) in [5.41, 5.74) is 0.933. The molecule has 2 rings (SSSR count). The van der Waals surface area contributed by atoms with Gasteiger partial charge in [-0.1, -0.05) is 0 Å². The van der Waals surface area contributed by atoms with Crippen molar-refractivity contribution >= 4 is 11.7 Å². The van der Waals surface area contributed by atoms with Crippen LogP contribution in [-0.4, -0.2) is 23.1 Å². The first kappa shape index (κ1) is 7.53. The van der Waals surface area contributed by atoms with Gasteiger partial charge < -0.3 is 4.90 Å². The molecule has 12 heavy (non-hydrogen) atoms. The van der Waals surface area contributed by atoms with Gasteiger partial charge in [0, 0.05) is 18.3 Å².